The number of sulfone groups is 1. The Balaban J connectivity index is 2.14. The van der Waals surface area contributed by atoms with Crippen molar-refractivity contribution in [2.45, 2.75) is 37.2 Å². The van der Waals surface area contributed by atoms with Crippen molar-refractivity contribution in [3.05, 3.63) is 46.7 Å². The summed E-state index contributed by atoms with van der Waals surface area (Å²) in [6.45, 7) is 5.41. The zero-order valence-electron chi connectivity index (χ0n) is 13.9. The Morgan fingerprint density at radius 3 is 2.33 bits per heavy atom. The van der Waals surface area contributed by atoms with E-state index in [4.69, 9.17) is 0 Å². The fourth-order valence-electron chi connectivity index (χ4n) is 2.17. The van der Waals surface area contributed by atoms with E-state index >= 15 is 0 Å². The van der Waals surface area contributed by atoms with Crippen LogP contribution in [0, 0.1) is 0 Å². The lowest BCUT2D eigenvalue weighted by atomic mass is 10.0. The molecular weight excluding hydrogens is 394 g/mol. The monoisotopic (exact) mass is 413 g/mol. The smallest absolute Gasteiger partial charge is 0.247 e. The van der Waals surface area contributed by atoms with E-state index in [-0.39, 0.29) is 16.8 Å². The second-order valence-electron chi connectivity index (χ2n) is 6.20. The molecular formula is C16H20BrN3O3S. The first-order chi connectivity index (χ1) is 11.0. The van der Waals surface area contributed by atoms with Crippen LogP contribution in [0.5, 0.6) is 0 Å². The standard InChI is InChI=1S/C16H20BrN3O3S/c1-11(12-5-7-14(8-6-12)24(4,22)23)19-15(21)16(2,3)20-10-13(17)9-18-20/h5-11H,1-4H3,(H,19,21)/t11-/m0/s1. The van der Waals surface area contributed by atoms with Crippen LogP contribution >= 0.6 is 15.9 Å². The highest BCUT2D eigenvalue weighted by Gasteiger charge is 2.31. The largest absolute Gasteiger partial charge is 0.347 e. The third-order valence-electron chi connectivity index (χ3n) is 3.84. The third kappa shape index (κ3) is 4.05. The topological polar surface area (TPSA) is 81.1 Å². The van der Waals surface area contributed by atoms with Crippen LogP contribution < -0.4 is 5.32 Å². The molecule has 0 aliphatic heterocycles. The fraction of sp³-hybridized carbons (Fsp3) is 0.375. The van der Waals surface area contributed by atoms with Crippen LogP contribution in [0.4, 0.5) is 0 Å². The van der Waals surface area contributed by atoms with Crippen molar-refractivity contribution in [2.75, 3.05) is 6.26 Å². The summed E-state index contributed by atoms with van der Waals surface area (Å²) in [5.41, 5.74) is -0.0272. The lowest BCUT2D eigenvalue weighted by Gasteiger charge is -2.26. The average Bonchev–Trinajstić information content (AvgIpc) is 2.93. The van der Waals surface area contributed by atoms with Crippen LogP contribution in [0.2, 0.25) is 0 Å². The van der Waals surface area contributed by atoms with Gasteiger partial charge in [0.15, 0.2) is 9.84 Å². The summed E-state index contributed by atoms with van der Waals surface area (Å²) in [5.74, 6) is -0.183. The van der Waals surface area contributed by atoms with Gasteiger partial charge in [-0.25, -0.2) is 8.42 Å². The molecule has 1 aromatic heterocycles. The predicted molar refractivity (Wildman–Crippen MR) is 95.4 cm³/mol. The average molecular weight is 414 g/mol. The number of aromatic nitrogens is 2. The second-order valence-corrected chi connectivity index (χ2v) is 9.13. The molecule has 24 heavy (non-hydrogen) atoms. The number of amides is 1. The maximum atomic E-state index is 12.6. The second kappa shape index (κ2) is 6.68. The summed E-state index contributed by atoms with van der Waals surface area (Å²) in [4.78, 5) is 12.9. The van der Waals surface area contributed by atoms with Gasteiger partial charge >= 0.3 is 0 Å². The van der Waals surface area contributed by atoms with Crippen LogP contribution in [-0.2, 0) is 20.2 Å². The Labute approximate surface area is 150 Å². The van der Waals surface area contributed by atoms with E-state index in [9.17, 15) is 13.2 Å². The zero-order valence-corrected chi connectivity index (χ0v) is 16.3. The Kier molecular flexibility index (Phi) is 5.19. The Morgan fingerprint density at radius 2 is 1.88 bits per heavy atom. The number of halogens is 1. The summed E-state index contributed by atoms with van der Waals surface area (Å²) < 4.78 is 25.4. The van der Waals surface area contributed by atoms with Gasteiger partial charge in [0.2, 0.25) is 5.91 Å². The van der Waals surface area contributed by atoms with Gasteiger partial charge in [-0.3, -0.25) is 9.48 Å². The van der Waals surface area contributed by atoms with Crippen molar-refractivity contribution in [1.29, 1.82) is 0 Å². The van der Waals surface area contributed by atoms with Crippen LogP contribution in [0.1, 0.15) is 32.4 Å². The lowest BCUT2D eigenvalue weighted by molar-refractivity contribution is -0.129. The van der Waals surface area contributed by atoms with Gasteiger partial charge < -0.3 is 5.32 Å². The molecule has 0 bridgehead atoms. The predicted octanol–water partition coefficient (Wildman–Crippen LogP) is 2.66. The zero-order chi connectivity index (χ0) is 18.1. The molecule has 0 unspecified atom stereocenters. The molecule has 0 aliphatic carbocycles. The van der Waals surface area contributed by atoms with Gasteiger partial charge in [-0.1, -0.05) is 12.1 Å². The van der Waals surface area contributed by atoms with Crippen molar-refractivity contribution in [3.8, 4) is 0 Å². The number of hydrogen-bond donors (Lipinski definition) is 1. The summed E-state index contributed by atoms with van der Waals surface area (Å²) in [7, 11) is -3.23. The molecule has 1 aromatic carbocycles. The lowest BCUT2D eigenvalue weighted by Crippen LogP contribution is -2.45. The Hall–Kier alpha value is -1.67. The Bertz CT molecular complexity index is 842. The molecule has 0 fully saturated rings. The molecule has 0 radical (unpaired) electrons. The fourth-order valence-corrected chi connectivity index (χ4v) is 3.09. The molecule has 0 spiro atoms. The van der Waals surface area contributed by atoms with E-state index in [1.807, 2.05) is 6.92 Å². The van der Waals surface area contributed by atoms with E-state index in [1.165, 1.54) is 0 Å². The van der Waals surface area contributed by atoms with E-state index in [0.29, 0.717) is 0 Å². The molecule has 1 heterocycles. The number of nitrogens with zero attached hydrogens (tertiary/aromatic N) is 2. The summed E-state index contributed by atoms with van der Waals surface area (Å²) in [5, 5.41) is 7.11. The molecule has 1 atom stereocenters. The first-order valence-corrected chi connectivity index (χ1v) is 10.0. The number of carbonyl (C=O) groups is 1. The highest BCUT2D eigenvalue weighted by Crippen LogP contribution is 2.21. The third-order valence-corrected chi connectivity index (χ3v) is 5.37. The maximum Gasteiger partial charge on any atom is 0.247 e. The van der Waals surface area contributed by atoms with E-state index in [0.717, 1.165) is 16.3 Å². The minimum absolute atomic E-state index is 0.183. The summed E-state index contributed by atoms with van der Waals surface area (Å²) in [6.07, 6.45) is 4.53. The molecule has 0 aliphatic rings. The van der Waals surface area contributed by atoms with E-state index < -0.39 is 15.4 Å². The van der Waals surface area contributed by atoms with Gasteiger partial charge in [-0.2, -0.15) is 5.10 Å². The molecule has 8 heteroatoms. The van der Waals surface area contributed by atoms with Gasteiger partial charge in [0.1, 0.15) is 5.54 Å². The molecule has 2 aromatic rings. The molecule has 6 nitrogen and oxygen atoms in total. The van der Waals surface area contributed by atoms with Gasteiger partial charge in [-0.05, 0) is 54.4 Å². The van der Waals surface area contributed by atoms with E-state index in [2.05, 4.69) is 26.3 Å². The molecule has 130 valence electrons. The van der Waals surface area contributed by atoms with Gasteiger partial charge in [0.05, 0.1) is 21.6 Å². The van der Waals surface area contributed by atoms with Crippen LogP contribution in [0.25, 0.3) is 0 Å². The van der Waals surface area contributed by atoms with Crippen LogP contribution in [-0.4, -0.2) is 30.4 Å². The number of hydrogen-bond acceptors (Lipinski definition) is 4. The van der Waals surface area contributed by atoms with Crippen molar-refractivity contribution >= 4 is 31.7 Å². The van der Waals surface area contributed by atoms with Crippen LogP contribution in [0.3, 0.4) is 0 Å². The normalized spacial score (nSPS) is 13.5. The quantitative estimate of drug-likeness (QED) is 0.816. The number of benzene rings is 1. The molecule has 1 amide bonds. The molecule has 0 saturated heterocycles. The van der Waals surface area contributed by atoms with Crippen molar-refractivity contribution in [1.82, 2.24) is 15.1 Å². The van der Waals surface area contributed by atoms with Gasteiger partial charge in [-0.15, -0.1) is 0 Å². The van der Waals surface area contributed by atoms with Crippen LogP contribution in [0.15, 0.2) is 46.0 Å². The number of rotatable bonds is 5. The summed E-state index contributed by atoms with van der Waals surface area (Å²) >= 11 is 3.32. The van der Waals surface area contributed by atoms with Gasteiger partial charge in [0, 0.05) is 12.5 Å². The molecule has 2 rings (SSSR count). The first-order valence-electron chi connectivity index (χ1n) is 7.33. The summed E-state index contributed by atoms with van der Waals surface area (Å²) in [6, 6.07) is 6.24. The van der Waals surface area contributed by atoms with Crippen molar-refractivity contribution in [2.24, 2.45) is 0 Å². The maximum absolute atomic E-state index is 12.6. The SMILES string of the molecule is C[C@H](NC(=O)C(C)(C)n1cc(Br)cn1)c1ccc(S(C)(=O)=O)cc1. The van der Waals surface area contributed by atoms with Crippen molar-refractivity contribution in [3.63, 3.8) is 0 Å². The number of carbonyl (C=O) groups excluding carboxylic acids is 1. The molecule has 1 N–H and O–H groups in total. The first kappa shape index (κ1) is 18.7. The Morgan fingerprint density at radius 1 is 1.29 bits per heavy atom. The van der Waals surface area contributed by atoms with E-state index in [1.54, 1.807) is 55.2 Å². The minimum Gasteiger partial charge on any atom is -0.347 e. The highest BCUT2D eigenvalue weighted by molar-refractivity contribution is 9.10. The minimum atomic E-state index is -3.23. The number of nitrogens with one attached hydrogen (secondary N) is 1. The highest BCUT2D eigenvalue weighted by atomic mass is 79.9. The van der Waals surface area contributed by atoms with Crippen molar-refractivity contribution < 1.29 is 13.2 Å². The van der Waals surface area contributed by atoms with Gasteiger partial charge in [0.25, 0.3) is 0 Å². The molecule has 0 saturated carbocycles.